The number of imide groups is 4. The number of carbonyl (C=O) groups is 8. The summed E-state index contributed by atoms with van der Waals surface area (Å²) in [5, 5.41) is 4.22. The normalized spacial score (nSPS) is 21.5. The van der Waals surface area contributed by atoms with Gasteiger partial charge in [0, 0.05) is 18.5 Å². The number of halogens is 1. The van der Waals surface area contributed by atoms with Gasteiger partial charge in [0.25, 0.3) is 23.6 Å². The van der Waals surface area contributed by atoms with Gasteiger partial charge in [0.2, 0.25) is 23.6 Å². The highest BCUT2D eigenvalue weighted by Gasteiger charge is 2.45. The molecule has 0 bridgehead atoms. The number of hydrogen-bond acceptors (Lipinski definition) is 10. The molecule has 0 saturated carbocycles. The molecule has 2 fully saturated rings. The topological polar surface area (TPSA) is 228 Å². The summed E-state index contributed by atoms with van der Waals surface area (Å²) in [6.07, 6.45) is 0.383. The van der Waals surface area contributed by atoms with E-state index in [1.165, 1.54) is 24.3 Å². The van der Waals surface area contributed by atoms with Gasteiger partial charge in [-0.2, -0.15) is 0 Å². The maximum atomic E-state index is 13.2. The molecule has 2 atom stereocenters. The fourth-order valence-corrected chi connectivity index (χ4v) is 4.93. The van der Waals surface area contributed by atoms with Crippen molar-refractivity contribution in [3.63, 3.8) is 0 Å². The lowest BCUT2D eigenvalue weighted by Crippen LogP contribution is -2.54. The summed E-state index contributed by atoms with van der Waals surface area (Å²) >= 11 is 0. The van der Waals surface area contributed by atoms with E-state index in [1.807, 2.05) is 0 Å². The van der Waals surface area contributed by atoms with Crippen LogP contribution in [0.2, 0.25) is 0 Å². The molecule has 2 saturated heterocycles. The summed E-state index contributed by atoms with van der Waals surface area (Å²) in [5.41, 5.74) is 6.41. The number of benzene rings is 2. The number of nitrogens with zero attached hydrogens (tertiary/aromatic N) is 2. The molecule has 4 aliphatic heterocycles. The van der Waals surface area contributed by atoms with Crippen LogP contribution in [-0.4, -0.2) is 69.1 Å². The van der Waals surface area contributed by atoms with Crippen LogP contribution in [0.5, 0.6) is 0 Å². The van der Waals surface area contributed by atoms with Crippen molar-refractivity contribution in [2.24, 2.45) is 0 Å². The molecule has 2 unspecified atom stereocenters. The second-order valence-electron chi connectivity index (χ2n) is 9.39. The van der Waals surface area contributed by atoms with Crippen molar-refractivity contribution in [3.8, 4) is 0 Å². The Hall–Kier alpha value is -5.31. The molecule has 2 aromatic carbocycles. The molecule has 14 nitrogen and oxygen atoms in total. The first-order chi connectivity index (χ1) is 19.0. The molecular weight excluding hydrogens is 543 g/mol. The van der Waals surface area contributed by atoms with Crippen molar-refractivity contribution in [2.45, 2.75) is 37.8 Å². The van der Waals surface area contributed by atoms with Crippen LogP contribution < -0.4 is 22.5 Å². The molecule has 212 valence electrons. The van der Waals surface area contributed by atoms with Crippen molar-refractivity contribution in [2.75, 3.05) is 5.73 Å². The standard InChI is InChI=1S/C13H9FN2O4.C13H11N3O4.H3N/c2*14-6-1-2-7-8(5-6)13(20)16(12(7)19)9-3-4-10(17)15-11(9)18;/h1-2,5,9H,3-4H2,(H,15,17,18);1-2,5,9H,3-4,14H2,(H,15,17,18);1H3. The first-order valence-electron chi connectivity index (χ1n) is 12.1. The Morgan fingerprint density at radius 2 is 1.05 bits per heavy atom. The van der Waals surface area contributed by atoms with Crippen LogP contribution in [-0.2, 0) is 19.2 Å². The molecule has 2 aromatic rings. The van der Waals surface area contributed by atoms with Gasteiger partial charge in [-0.1, -0.05) is 0 Å². The van der Waals surface area contributed by atoms with Gasteiger partial charge in [-0.15, -0.1) is 0 Å². The van der Waals surface area contributed by atoms with Crippen molar-refractivity contribution >= 4 is 52.9 Å². The number of fused-ring (bicyclic) bond motifs is 2. The van der Waals surface area contributed by atoms with E-state index in [9.17, 15) is 42.7 Å². The molecule has 15 heteroatoms. The highest BCUT2D eigenvalue weighted by atomic mass is 19.1. The number of nitrogens with two attached hydrogens (primary N) is 1. The molecule has 0 spiro atoms. The molecule has 0 radical (unpaired) electrons. The summed E-state index contributed by atoms with van der Waals surface area (Å²) in [4.78, 5) is 96.3. The van der Waals surface area contributed by atoms with Crippen LogP contribution in [0, 0.1) is 5.82 Å². The van der Waals surface area contributed by atoms with Gasteiger partial charge in [-0.25, -0.2) is 4.39 Å². The van der Waals surface area contributed by atoms with Gasteiger partial charge in [-0.05, 0) is 49.2 Å². The SMILES string of the molecule is N.Nc1ccc2c(c1)C(=O)N(C1CCC(=O)NC1=O)C2=O.O=C1CCC(N2C(=O)c3ccc(F)cc3C2=O)C(=O)N1. The van der Waals surface area contributed by atoms with Crippen LogP contribution in [0.3, 0.4) is 0 Å². The lowest BCUT2D eigenvalue weighted by molar-refractivity contribution is -0.137. The number of nitrogens with one attached hydrogen (secondary N) is 2. The van der Waals surface area contributed by atoms with Gasteiger partial charge in [0.05, 0.1) is 22.3 Å². The van der Waals surface area contributed by atoms with Gasteiger partial charge >= 0.3 is 0 Å². The number of amides is 8. The van der Waals surface area contributed by atoms with Crippen LogP contribution in [0.1, 0.15) is 67.1 Å². The minimum absolute atomic E-state index is 0. The fourth-order valence-electron chi connectivity index (χ4n) is 4.93. The summed E-state index contributed by atoms with van der Waals surface area (Å²) in [5.74, 6) is -5.19. The van der Waals surface area contributed by atoms with Gasteiger partial charge < -0.3 is 11.9 Å². The zero-order valence-electron chi connectivity index (χ0n) is 21.3. The summed E-state index contributed by atoms with van der Waals surface area (Å²) in [6, 6.07) is 5.72. The lowest BCUT2D eigenvalue weighted by Gasteiger charge is -2.27. The van der Waals surface area contributed by atoms with E-state index in [0.717, 1.165) is 21.9 Å². The number of nitrogen functional groups attached to an aromatic ring is 1. The summed E-state index contributed by atoms with van der Waals surface area (Å²) < 4.78 is 13.2. The Morgan fingerprint density at radius 1 is 0.634 bits per heavy atom. The van der Waals surface area contributed by atoms with Crippen molar-refractivity contribution in [1.82, 2.24) is 26.6 Å². The van der Waals surface area contributed by atoms with Gasteiger partial charge in [0.15, 0.2) is 0 Å². The smallest absolute Gasteiger partial charge is 0.262 e. The second kappa shape index (κ2) is 10.7. The maximum Gasteiger partial charge on any atom is 0.262 e. The minimum atomic E-state index is -1.02. The molecule has 7 N–H and O–H groups in total. The third-order valence-electron chi connectivity index (χ3n) is 6.87. The van der Waals surface area contributed by atoms with E-state index >= 15 is 0 Å². The molecule has 41 heavy (non-hydrogen) atoms. The molecule has 8 amide bonds. The number of anilines is 1. The minimum Gasteiger partial charge on any atom is -0.399 e. The van der Waals surface area contributed by atoms with Crippen molar-refractivity contribution in [3.05, 3.63) is 64.5 Å². The van der Waals surface area contributed by atoms with Gasteiger partial charge in [0.1, 0.15) is 17.9 Å². The van der Waals surface area contributed by atoms with Crippen LogP contribution in [0.4, 0.5) is 10.1 Å². The third-order valence-corrected chi connectivity index (χ3v) is 6.87. The lowest BCUT2D eigenvalue weighted by atomic mass is 10.0. The molecule has 0 aliphatic carbocycles. The Labute approximate surface area is 230 Å². The fraction of sp³-hybridized carbons (Fsp3) is 0.231. The maximum absolute atomic E-state index is 13.2. The average Bonchev–Trinajstić information content (AvgIpc) is 3.28. The zero-order chi connectivity index (χ0) is 28.9. The molecular formula is C26H23FN6O8. The first-order valence-corrected chi connectivity index (χ1v) is 12.1. The third kappa shape index (κ3) is 4.93. The van der Waals surface area contributed by atoms with Crippen molar-refractivity contribution in [1.29, 1.82) is 0 Å². The van der Waals surface area contributed by atoms with Crippen LogP contribution >= 0.6 is 0 Å². The predicted octanol–water partition coefficient (Wildman–Crippen LogP) is 0.0589. The van der Waals surface area contributed by atoms with E-state index in [4.69, 9.17) is 5.73 Å². The molecule has 4 aliphatic rings. The summed E-state index contributed by atoms with van der Waals surface area (Å²) in [7, 11) is 0. The summed E-state index contributed by atoms with van der Waals surface area (Å²) in [6.45, 7) is 0. The first kappa shape index (κ1) is 28.7. The number of carbonyl (C=O) groups excluding carboxylic acids is 8. The monoisotopic (exact) mass is 566 g/mol. The van der Waals surface area contributed by atoms with Gasteiger partial charge in [-0.3, -0.25) is 58.8 Å². The zero-order valence-corrected chi connectivity index (χ0v) is 21.3. The van der Waals surface area contributed by atoms with E-state index in [-0.39, 0.29) is 54.1 Å². The molecule has 0 aromatic heterocycles. The van der Waals surface area contributed by atoms with Crippen LogP contribution in [0.15, 0.2) is 36.4 Å². The van der Waals surface area contributed by atoms with E-state index in [0.29, 0.717) is 5.69 Å². The number of piperidine rings is 2. The number of hydrogen-bond donors (Lipinski definition) is 4. The Morgan fingerprint density at radius 3 is 1.51 bits per heavy atom. The number of rotatable bonds is 2. The second-order valence-corrected chi connectivity index (χ2v) is 9.39. The van der Waals surface area contributed by atoms with Crippen LogP contribution in [0.25, 0.3) is 0 Å². The van der Waals surface area contributed by atoms with E-state index in [1.54, 1.807) is 0 Å². The quantitative estimate of drug-likeness (QED) is 0.282. The Bertz CT molecular complexity index is 1460. The van der Waals surface area contributed by atoms with E-state index in [2.05, 4.69) is 10.6 Å². The highest BCUT2D eigenvalue weighted by Crippen LogP contribution is 2.29. The molecule has 4 heterocycles. The largest absolute Gasteiger partial charge is 0.399 e. The van der Waals surface area contributed by atoms with Crippen molar-refractivity contribution < 1.29 is 42.7 Å². The Kier molecular flexibility index (Phi) is 7.48. The van der Waals surface area contributed by atoms with E-state index < -0.39 is 65.2 Å². The molecule has 6 rings (SSSR count). The highest BCUT2D eigenvalue weighted by molar-refractivity contribution is 6.24. The Balaban J connectivity index is 0.000000184. The predicted molar refractivity (Wildman–Crippen MR) is 136 cm³/mol. The average molecular weight is 567 g/mol.